The van der Waals surface area contributed by atoms with Crippen molar-refractivity contribution in [2.75, 3.05) is 17.2 Å². The summed E-state index contributed by atoms with van der Waals surface area (Å²) in [5, 5.41) is 17.8. The average molecular weight is 407 g/mol. The molecule has 0 fully saturated rings. The largest absolute Gasteiger partial charge is 0.462 e. The Hall–Kier alpha value is -4.01. The molecular formula is C21H21N5O4. The van der Waals surface area contributed by atoms with Crippen molar-refractivity contribution in [2.24, 2.45) is 0 Å². The Morgan fingerprint density at radius 3 is 2.57 bits per heavy atom. The molecule has 1 atom stereocenters. The Bertz CT molecular complexity index is 1040. The van der Waals surface area contributed by atoms with Crippen molar-refractivity contribution in [3.8, 4) is 0 Å². The average Bonchev–Trinajstić information content (AvgIpc) is 2.74. The van der Waals surface area contributed by atoms with Crippen molar-refractivity contribution >= 4 is 29.0 Å². The summed E-state index contributed by atoms with van der Waals surface area (Å²) in [6, 6.07) is 15.8. The van der Waals surface area contributed by atoms with Crippen LogP contribution in [-0.2, 0) is 4.74 Å². The zero-order valence-corrected chi connectivity index (χ0v) is 16.5. The minimum atomic E-state index is -0.544. The maximum atomic E-state index is 11.9. The number of nitro groups is 1. The van der Waals surface area contributed by atoms with E-state index in [-0.39, 0.29) is 30.0 Å². The highest BCUT2D eigenvalue weighted by molar-refractivity contribution is 5.91. The van der Waals surface area contributed by atoms with Gasteiger partial charge in [-0.2, -0.15) is 0 Å². The molecule has 3 rings (SSSR count). The summed E-state index contributed by atoms with van der Waals surface area (Å²) in [4.78, 5) is 31.3. The van der Waals surface area contributed by atoms with E-state index in [4.69, 9.17) is 4.74 Å². The third-order valence-electron chi connectivity index (χ3n) is 4.29. The summed E-state index contributed by atoms with van der Waals surface area (Å²) in [7, 11) is 0. The molecule has 0 saturated heterocycles. The van der Waals surface area contributed by atoms with Gasteiger partial charge in [0.05, 0.1) is 23.1 Å². The predicted octanol–water partition coefficient (Wildman–Crippen LogP) is 4.48. The minimum absolute atomic E-state index is 0.0128. The monoisotopic (exact) mass is 407 g/mol. The topological polar surface area (TPSA) is 119 Å². The summed E-state index contributed by atoms with van der Waals surface area (Å²) in [6.45, 7) is 3.86. The summed E-state index contributed by atoms with van der Waals surface area (Å²) < 4.78 is 4.99. The Kier molecular flexibility index (Phi) is 6.53. The van der Waals surface area contributed by atoms with Crippen LogP contribution in [0, 0.1) is 10.1 Å². The van der Waals surface area contributed by atoms with Gasteiger partial charge in [-0.1, -0.05) is 36.4 Å². The van der Waals surface area contributed by atoms with Crippen LogP contribution in [-0.4, -0.2) is 27.5 Å². The van der Waals surface area contributed by atoms with Crippen LogP contribution in [0.25, 0.3) is 0 Å². The lowest BCUT2D eigenvalue weighted by molar-refractivity contribution is -0.383. The molecule has 0 aliphatic carbocycles. The molecule has 0 aliphatic rings. The number of ether oxygens (including phenoxy) is 1. The van der Waals surface area contributed by atoms with Crippen LogP contribution in [0.5, 0.6) is 0 Å². The van der Waals surface area contributed by atoms with Crippen molar-refractivity contribution in [1.29, 1.82) is 0 Å². The zero-order valence-electron chi connectivity index (χ0n) is 16.5. The molecule has 1 heterocycles. The van der Waals surface area contributed by atoms with E-state index in [1.54, 1.807) is 31.2 Å². The molecule has 9 heteroatoms. The van der Waals surface area contributed by atoms with E-state index in [9.17, 15) is 14.9 Å². The fourth-order valence-corrected chi connectivity index (χ4v) is 2.85. The van der Waals surface area contributed by atoms with Gasteiger partial charge in [-0.15, -0.1) is 0 Å². The SMILES string of the molecule is CCOC(=O)c1cccc(Nc2ncnc(NC(C)c3ccccc3)c2[N+](=O)[O-])c1. The number of carbonyl (C=O) groups excluding carboxylic acids is 1. The van der Waals surface area contributed by atoms with Crippen LogP contribution >= 0.6 is 0 Å². The summed E-state index contributed by atoms with van der Waals surface area (Å²) in [6.07, 6.45) is 1.24. The fourth-order valence-electron chi connectivity index (χ4n) is 2.85. The molecule has 2 N–H and O–H groups in total. The standard InChI is InChI=1S/C21H21N5O4/c1-3-30-21(27)16-10-7-11-17(12-16)25-20-18(26(28)29)19(22-13-23-20)24-14(2)15-8-5-4-6-9-15/h4-14H,3H2,1-2H3,(H2,22,23,24,25). The molecule has 1 aromatic heterocycles. The van der Waals surface area contributed by atoms with Gasteiger partial charge < -0.3 is 15.4 Å². The number of aromatic nitrogens is 2. The Morgan fingerprint density at radius 1 is 1.13 bits per heavy atom. The van der Waals surface area contributed by atoms with Crippen molar-refractivity contribution < 1.29 is 14.5 Å². The number of rotatable bonds is 8. The first-order valence-electron chi connectivity index (χ1n) is 9.34. The van der Waals surface area contributed by atoms with Gasteiger partial charge >= 0.3 is 11.7 Å². The maximum Gasteiger partial charge on any atom is 0.353 e. The number of anilines is 3. The van der Waals surface area contributed by atoms with Crippen LogP contribution < -0.4 is 10.6 Å². The molecule has 0 aliphatic heterocycles. The first kappa shape index (κ1) is 20.7. The molecule has 9 nitrogen and oxygen atoms in total. The zero-order chi connectivity index (χ0) is 21.5. The van der Waals surface area contributed by atoms with Gasteiger partial charge in [0, 0.05) is 5.69 Å². The minimum Gasteiger partial charge on any atom is -0.462 e. The first-order valence-corrected chi connectivity index (χ1v) is 9.34. The van der Waals surface area contributed by atoms with Crippen molar-refractivity contribution in [2.45, 2.75) is 19.9 Å². The second kappa shape index (κ2) is 9.46. The lowest BCUT2D eigenvalue weighted by Crippen LogP contribution is -2.12. The van der Waals surface area contributed by atoms with Crippen LogP contribution in [0.15, 0.2) is 60.9 Å². The highest BCUT2D eigenvalue weighted by Gasteiger charge is 2.24. The Morgan fingerprint density at radius 2 is 1.87 bits per heavy atom. The van der Waals surface area contributed by atoms with Gasteiger partial charge in [-0.3, -0.25) is 10.1 Å². The van der Waals surface area contributed by atoms with Crippen LogP contribution in [0.2, 0.25) is 0 Å². The number of nitrogens with one attached hydrogen (secondary N) is 2. The maximum absolute atomic E-state index is 11.9. The first-order chi connectivity index (χ1) is 14.5. The smallest absolute Gasteiger partial charge is 0.353 e. The van der Waals surface area contributed by atoms with Gasteiger partial charge in [-0.05, 0) is 37.6 Å². The van der Waals surface area contributed by atoms with E-state index in [2.05, 4.69) is 20.6 Å². The number of carbonyl (C=O) groups is 1. The highest BCUT2D eigenvalue weighted by Crippen LogP contribution is 2.33. The molecule has 0 spiro atoms. The molecule has 1 unspecified atom stereocenters. The molecule has 0 amide bonds. The van der Waals surface area contributed by atoms with Crippen LogP contribution in [0.1, 0.15) is 35.8 Å². The van der Waals surface area contributed by atoms with Crippen LogP contribution in [0.3, 0.4) is 0 Å². The van der Waals surface area contributed by atoms with Gasteiger partial charge in [0.15, 0.2) is 0 Å². The quantitative estimate of drug-likeness (QED) is 0.319. The second-order valence-corrected chi connectivity index (χ2v) is 6.38. The lowest BCUT2D eigenvalue weighted by atomic mass is 10.1. The third kappa shape index (κ3) is 4.88. The number of benzene rings is 2. The molecule has 30 heavy (non-hydrogen) atoms. The Labute approximate surface area is 173 Å². The van der Waals surface area contributed by atoms with Crippen molar-refractivity contribution in [3.05, 3.63) is 82.2 Å². The molecule has 0 radical (unpaired) electrons. The van der Waals surface area contributed by atoms with Gasteiger partial charge in [0.25, 0.3) is 0 Å². The molecular weight excluding hydrogens is 386 g/mol. The Balaban J connectivity index is 1.89. The molecule has 154 valence electrons. The van der Waals surface area contributed by atoms with Crippen molar-refractivity contribution in [1.82, 2.24) is 9.97 Å². The van der Waals surface area contributed by atoms with E-state index in [1.165, 1.54) is 6.33 Å². The molecule has 0 bridgehead atoms. The number of hydrogen-bond donors (Lipinski definition) is 2. The second-order valence-electron chi connectivity index (χ2n) is 6.38. The van der Waals surface area contributed by atoms with E-state index >= 15 is 0 Å². The summed E-state index contributed by atoms with van der Waals surface area (Å²) >= 11 is 0. The number of nitrogens with zero attached hydrogens (tertiary/aromatic N) is 3. The third-order valence-corrected chi connectivity index (χ3v) is 4.29. The number of esters is 1. The van der Waals surface area contributed by atoms with Gasteiger partial charge in [-0.25, -0.2) is 14.8 Å². The van der Waals surface area contributed by atoms with E-state index in [0.717, 1.165) is 5.56 Å². The van der Waals surface area contributed by atoms with E-state index in [0.29, 0.717) is 11.3 Å². The van der Waals surface area contributed by atoms with E-state index in [1.807, 2.05) is 37.3 Å². The molecule has 3 aromatic rings. The van der Waals surface area contributed by atoms with Gasteiger partial charge in [0.1, 0.15) is 6.33 Å². The molecule has 2 aromatic carbocycles. The van der Waals surface area contributed by atoms with Gasteiger partial charge in [0.2, 0.25) is 11.6 Å². The predicted molar refractivity (Wildman–Crippen MR) is 113 cm³/mol. The highest BCUT2D eigenvalue weighted by atomic mass is 16.6. The number of hydrogen-bond acceptors (Lipinski definition) is 8. The summed E-state index contributed by atoms with van der Waals surface area (Å²) in [5.41, 5.74) is 1.46. The van der Waals surface area contributed by atoms with E-state index < -0.39 is 10.9 Å². The molecule has 0 saturated carbocycles. The summed E-state index contributed by atoms with van der Waals surface area (Å²) in [5.74, 6) is -0.369. The lowest BCUT2D eigenvalue weighted by Gasteiger charge is -2.16. The van der Waals surface area contributed by atoms with Crippen LogP contribution in [0.4, 0.5) is 23.0 Å². The fraction of sp³-hybridized carbons (Fsp3) is 0.190. The normalized spacial score (nSPS) is 11.4. The van der Waals surface area contributed by atoms with Crippen molar-refractivity contribution in [3.63, 3.8) is 0 Å².